The predicted octanol–water partition coefficient (Wildman–Crippen LogP) is 3.92. The van der Waals surface area contributed by atoms with Gasteiger partial charge in [0.1, 0.15) is 5.54 Å². The van der Waals surface area contributed by atoms with Crippen molar-refractivity contribution in [3.63, 3.8) is 0 Å². The summed E-state index contributed by atoms with van der Waals surface area (Å²) >= 11 is 9.67. The maximum absolute atomic E-state index is 11.7. The van der Waals surface area contributed by atoms with E-state index in [1.165, 1.54) is 6.07 Å². The van der Waals surface area contributed by atoms with Crippen molar-refractivity contribution < 1.29 is 14.6 Å². The van der Waals surface area contributed by atoms with E-state index in [1.807, 2.05) is 24.3 Å². The molecule has 2 aromatic carbocycles. The van der Waals surface area contributed by atoms with Gasteiger partial charge in [0, 0.05) is 9.86 Å². The lowest BCUT2D eigenvalue weighted by atomic mass is 9.87. The number of carboxylic acid groups (broad SMARTS) is 1. The molecular formula is C17H12BrClN2O3. The van der Waals surface area contributed by atoms with Crippen LogP contribution in [0.1, 0.15) is 15.9 Å². The highest BCUT2D eigenvalue weighted by Gasteiger charge is 2.44. The number of nitrogens with zero attached hydrogens (tertiary/aromatic N) is 2. The first-order chi connectivity index (χ1) is 11.5. The zero-order valence-electron chi connectivity index (χ0n) is 12.4. The molecule has 2 heterocycles. The molecule has 7 heteroatoms. The smallest absolute Gasteiger partial charge is 0.337 e. The molecule has 0 amide bonds. The number of aromatic carboxylic acids is 1. The Morgan fingerprint density at radius 2 is 1.96 bits per heavy atom. The van der Waals surface area contributed by atoms with E-state index in [1.54, 1.807) is 16.9 Å². The molecule has 0 atom stereocenters. The number of hydrogen-bond acceptors (Lipinski definition) is 3. The largest absolute Gasteiger partial charge is 0.478 e. The van der Waals surface area contributed by atoms with Crippen molar-refractivity contribution in [1.82, 2.24) is 9.78 Å². The van der Waals surface area contributed by atoms with Crippen molar-refractivity contribution in [2.24, 2.45) is 0 Å². The summed E-state index contributed by atoms with van der Waals surface area (Å²) in [7, 11) is 0. The lowest BCUT2D eigenvalue weighted by Gasteiger charge is -2.42. The van der Waals surface area contributed by atoms with Crippen LogP contribution in [0.25, 0.3) is 10.9 Å². The standard InChI is InChI=1S/C17H12BrClN2O3/c18-11-3-1-10(2-4-11)17(8-24-9-17)21-15-12(16(22)23)5-6-14(19)13(15)7-20-21/h1-7H,8-9H2,(H,22,23). The summed E-state index contributed by atoms with van der Waals surface area (Å²) in [5, 5.41) is 15.1. The number of carbonyl (C=O) groups is 1. The first-order valence-electron chi connectivity index (χ1n) is 7.27. The van der Waals surface area contributed by atoms with Crippen LogP contribution < -0.4 is 0 Å². The molecule has 122 valence electrons. The summed E-state index contributed by atoms with van der Waals surface area (Å²) in [6, 6.07) is 11.0. The Hall–Kier alpha value is -1.89. The number of carboxylic acids is 1. The monoisotopic (exact) mass is 406 g/mol. The number of ether oxygens (including phenoxy) is 1. The van der Waals surface area contributed by atoms with Gasteiger partial charge in [-0.15, -0.1) is 0 Å². The van der Waals surface area contributed by atoms with Crippen molar-refractivity contribution in [2.45, 2.75) is 5.54 Å². The Balaban J connectivity index is 2.00. The van der Waals surface area contributed by atoms with Crippen molar-refractivity contribution in [2.75, 3.05) is 13.2 Å². The number of aromatic nitrogens is 2. The van der Waals surface area contributed by atoms with E-state index < -0.39 is 11.5 Å². The molecule has 0 saturated carbocycles. The molecular weight excluding hydrogens is 396 g/mol. The maximum Gasteiger partial charge on any atom is 0.337 e. The fourth-order valence-corrected chi connectivity index (χ4v) is 3.54. The van der Waals surface area contributed by atoms with Gasteiger partial charge in [0.2, 0.25) is 0 Å². The van der Waals surface area contributed by atoms with Crippen molar-refractivity contribution in [3.8, 4) is 0 Å². The second kappa shape index (κ2) is 5.58. The average Bonchev–Trinajstić information content (AvgIpc) is 2.94. The van der Waals surface area contributed by atoms with E-state index in [2.05, 4.69) is 21.0 Å². The van der Waals surface area contributed by atoms with Gasteiger partial charge in [-0.1, -0.05) is 39.7 Å². The number of halogens is 2. The number of benzene rings is 2. The van der Waals surface area contributed by atoms with E-state index >= 15 is 0 Å². The molecule has 5 nitrogen and oxygen atoms in total. The Labute approximate surface area is 150 Å². The first kappa shape index (κ1) is 15.6. The van der Waals surface area contributed by atoms with E-state index in [-0.39, 0.29) is 5.56 Å². The molecule has 0 unspecified atom stereocenters. The second-order valence-electron chi connectivity index (χ2n) is 5.75. The van der Waals surface area contributed by atoms with Crippen LogP contribution in [0.4, 0.5) is 0 Å². The highest BCUT2D eigenvalue weighted by atomic mass is 79.9. The Morgan fingerprint density at radius 3 is 2.54 bits per heavy atom. The van der Waals surface area contributed by atoms with Gasteiger partial charge in [0.25, 0.3) is 0 Å². The zero-order valence-corrected chi connectivity index (χ0v) is 14.7. The Bertz CT molecular complexity index is 948. The van der Waals surface area contributed by atoms with Crippen LogP contribution in [-0.2, 0) is 10.3 Å². The molecule has 4 rings (SSSR count). The van der Waals surface area contributed by atoms with Crippen LogP contribution >= 0.6 is 27.5 Å². The number of fused-ring (bicyclic) bond motifs is 1. The molecule has 1 aliphatic rings. The van der Waals surface area contributed by atoms with Gasteiger partial charge >= 0.3 is 5.97 Å². The molecule has 0 bridgehead atoms. The normalized spacial score (nSPS) is 16.1. The van der Waals surface area contributed by atoms with Crippen LogP contribution in [0.2, 0.25) is 5.02 Å². The highest BCUT2D eigenvalue weighted by Crippen LogP contribution is 2.38. The molecule has 0 spiro atoms. The van der Waals surface area contributed by atoms with Crippen molar-refractivity contribution in [1.29, 1.82) is 0 Å². The summed E-state index contributed by atoms with van der Waals surface area (Å²) in [5.74, 6) is -1.01. The number of rotatable bonds is 3. The first-order valence-corrected chi connectivity index (χ1v) is 8.44. The fraction of sp³-hybridized carbons (Fsp3) is 0.176. The second-order valence-corrected chi connectivity index (χ2v) is 7.07. The summed E-state index contributed by atoms with van der Waals surface area (Å²) in [6.45, 7) is 0.855. The van der Waals surface area contributed by atoms with Gasteiger partial charge in [-0.05, 0) is 29.8 Å². The van der Waals surface area contributed by atoms with Gasteiger partial charge in [-0.3, -0.25) is 0 Å². The number of hydrogen-bond donors (Lipinski definition) is 1. The van der Waals surface area contributed by atoms with Crippen LogP contribution in [0.15, 0.2) is 47.1 Å². The van der Waals surface area contributed by atoms with Gasteiger partial charge in [0.15, 0.2) is 0 Å². The van der Waals surface area contributed by atoms with Crippen LogP contribution in [0.5, 0.6) is 0 Å². The molecule has 24 heavy (non-hydrogen) atoms. The summed E-state index contributed by atoms with van der Waals surface area (Å²) < 4.78 is 8.19. The molecule has 1 aromatic heterocycles. The lowest BCUT2D eigenvalue weighted by Crippen LogP contribution is -2.53. The van der Waals surface area contributed by atoms with Gasteiger partial charge in [-0.2, -0.15) is 5.10 Å². The topological polar surface area (TPSA) is 64.3 Å². The zero-order chi connectivity index (χ0) is 16.9. The maximum atomic E-state index is 11.7. The van der Waals surface area contributed by atoms with Gasteiger partial charge in [0.05, 0.1) is 35.5 Å². The van der Waals surface area contributed by atoms with E-state index in [9.17, 15) is 9.90 Å². The molecule has 1 saturated heterocycles. The molecule has 0 aliphatic carbocycles. The summed E-state index contributed by atoms with van der Waals surface area (Å²) in [5.41, 5.74) is 1.17. The van der Waals surface area contributed by atoms with Crippen molar-refractivity contribution in [3.05, 3.63) is 63.2 Å². The Kier molecular flexibility index (Phi) is 3.63. The minimum absolute atomic E-state index is 0.176. The third-order valence-electron chi connectivity index (χ3n) is 4.38. The van der Waals surface area contributed by atoms with Gasteiger partial charge in [-0.25, -0.2) is 9.48 Å². The summed E-state index contributed by atoms with van der Waals surface area (Å²) in [6.07, 6.45) is 1.61. The minimum Gasteiger partial charge on any atom is -0.478 e. The van der Waals surface area contributed by atoms with E-state index in [0.717, 1.165) is 10.0 Å². The average molecular weight is 408 g/mol. The Morgan fingerprint density at radius 1 is 1.25 bits per heavy atom. The van der Waals surface area contributed by atoms with E-state index in [0.29, 0.717) is 29.1 Å². The minimum atomic E-state index is -1.01. The SMILES string of the molecule is O=C(O)c1ccc(Cl)c2cnn(C3(c4ccc(Br)cc4)COC3)c12. The van der Waals surface area contributed by atoms with E-state index in [4.69, 9.17) is 16.3 Å². The fourth-order valence-electron chi connectivity index (χ4n) is 3.07. The summed E-state index contributed by atoms with van der Waals surface area (Å²) in [4.78, 5) is 11.7. The molecule has 0 radical (unpaired) electrons. The molecule has 3 aromatic rings. The lowest BCUT2D eigenvalue weighted by molar-refractivity contribution is -0.0800. The third kappa shape index (κ3) is 2.17. The quantitative estimate of drug-likeness (QED) is 0.714. The van der Waals surface area contributed by atoms with Crippen LogP contribution in [0.3, 0.4) is 0 Å². The van der Waals surface area contributed by atoms with Crippen LogP contribution in [0, 0.1) is 0 Å². The third-order valence-corrected chi connectivity index (χ3v) is 5.24. The van der Waals surface area contributed by atoms with Crippen LogP contribution in [-0.4, -0.2) is 34.1 Å². The molecule has 1 N–H and O–H groups in total. The van der Waals surface area contributed by atoms with Crippen molar-refractivity contribution >= 4 is 44.4 Å². The highest BCUT2D eigenvalue weighted by molar-refractivity contribution is 9.10. The molecule has 1 aliphatic heterocycles. The van der Waals surface area contributed by atoms with Gasteiger partial charge < -0.3 is 9.84 Å². The molecule has 1 fully saturated rings. The predicted molar refractivity (Wildman–Crippen MR) is 93.7 cm³/mol.